The molecule has 0 heterocycles. The topological polar surface area (TPSA) is 90.7 Å². The number of hydrogen-bond acceptors (Lipinski definition) is 4. The lowest BCUT2D eigenvalue weighted by atomic mass is 9.84. The molecule has 6 nitrogen and oxygen atoms in total. The minimum absolute atomic E-state index is 0.0930. The van der Waals surface area contributed by atoms with Crippen molar-refractivity contribution in [1.29, 1.82) is 0 Å². The average Bonchev–Trinajstić information content (AvgIpc) is 2.77. The monoisotopic (exact) mass is 472 g/mol. The van der Waals surface area contributed by atoms with E-state index < -0.39 is 11.7 Å². The van der Waals surface area contributed by atoms with E-state index in [1.54, 1.807) is 12.1 Å². The van der Waals surface area contributed by atoms with Crippen LogP contribution in [0.1, 0.15) is 87.2 Å². The van der Waals surface area contributed by atoms with Crippen LogP contribution in [0.4, 0.5) is 10.1 Å². The summed E-state index contributed by atoms with van der Waals surface area (Å²) in [4.78, 5) is 24.9. The number of amides is 2. The van der Waals surface area contributed by atoms with Gasteiger partial charge in [0.15, 0.2) is 11.6 Å². The first-order chi connectivity index (χ1) is 16.0. The molecule has 0 aliphatic rings. The molecule has 0 bridgehead atoms. The Kier molecular flexibility index (Phi) is 9.47. The minimum Gasteiger partial charge on any atom is -0.496 e. The summed E-state index contributed by atoms with van der Waals surface area (Å²) >= 11 is 0. The van der Waals surface area contributed by atoms with E-state index in [1.807, 2.05) is 26.8 Å². The number of benzene rings is 2. The number of primary amides is 1. The third-order valence-corrected chi connectivity index (χ3v) is 5.92. The smallest absolute Gasteiger partial charge is 0.248 e. The van der Waals surface area contributed by atoms with E-state index >= 15 is 0 Å². The van der Waals surface area contributed by atoms with Crippen molar-refractivity contribution in [3.8, 4) is 11.5 Å². The van der Waals surface area contributed by atoms with E-state index in [-0.39, 0.29) is 29.4 Å². The first kappa shape index (κ1) is 27.2. The second-order valence-electron chi connectivity index (χ2n) is 9.55. The Morgan fingerprint density at radius 1 is 1.06 bits per heavy atom. The first-order valence-corrected chi connectivity index (χ1v) is 11.7. The molecule has 2 amide bonds. The Balaban J connectivity index is 2.39. The molecule has 1 unspecified atom stereocenters. The number of methoxy groups -OCH3 is 2. The van der Waals surface area contributed by atoms with Crippen molar-refractivity contribution in [2.75, 3.05) is 19.5 Å². The van der Waals surface area contributed by atoms with E-state index in [2.05, 4.69) is 12.2 Å². The van der Waals surface area contributed by atoms with E-state index in [0.29, 0.717) is 29.0 Å². The van der Waals surface area contributed by atoms with Gasteiger partial charge in [-0.05, 0) is 41.5 Å². The molecule has 0 aliphatic heterocycles. The number of anilines is 1. The predicted octanol–water partition coefficient (Wildman–Crippen LogP) is 5.93. The van der Waals surface area contributed by atoms with Gasteiger partial charge in [0.25, 0.3) is 0 Å². The fraction of sp³-hybridized carbons (Fsp3) is 0.481. The van der Waals surface area contributed by atoms with E-state index in [1.165, 1.54) is 26.4 Å². The van der Waals surface area contributed by atoms with Crippen molar-refractivity contribution in [3.63, 3.8) is 0 Å². The van der Waals surface area contributed by atoms with E-state index in [4.69, 9.17) is 15.2 Å². The third-order valence-electron chi connectivity index (χ3n) is 5.92. The average molecular weight is 473 g/mol. The predicted molar refractivity (Wildman–Crippen MR) is 133 cm³/mol. The van der Waals surface area contributed by atoms with Crippen LogP contribution in [0.3, 0.4) is 0 Å². The summed E-state index contributed by atoms with van der Waals surface area (Å²) in [7, 11) is 2.92. The Bertz CT molecular complexity index is 1010. The molecule has 186 valence electrons. The van der Waals surface area contributed by atoms with Crippen LogP contribution in [-0.4, -0.2) is 26.0 Å². The highest BCUT2D eigenvalue weighted by Gasteiger charge is 2.25. The van der Waals surface area contributed by atoms with Gasteiger partial charge in [0, 0.05) is 29.3 Å². The zero-order valence-corrected chi connectivity index (χ0v) is 21.1. The molecule has 0 saturated heterocycles. The van der Waals surface area contributed by atoms with Gasteiger partial charge in [0.1, 0.15) is 5.75 Å². The SMILES string of the molecule is CCCCCC(CC(=O)Nc1cc(C(N)=O)ccc1C(C)(C)C)c1cc(F)c(OC)cc1OC. The molecule has 2 aromatic rings. The highest BCUT2D eigenvalue weighted by Crippen LogP contribution is 2.38. The van der Waals surface area contributed by atoms with Gasteiger partial charge in [-0.1, -0.05) is 53.0 Å². The third kappa shape index (κ3) is 6.95. The Labute approximate surface area is 202 Å². The van der Waals surface area contributed by atoms with Crippen LogP contribution < -0.4 is 20.5 Å². The molecule has 1 atom stereocenters. The Morgan fingerprint density at radius 2 is 1.74 bits per heavy atom. The molecule has 0 aliphatic carbocycles. The summed E-state index contributed by atoms with van der Waals surface area (Å²) in [5.41, 5.74) is 7.59. The number of carbonyl (C=O) groups excluding carboxylic acids is 2. The molecule has 0 spiro atoms. The zero-order chi connectivity index (χ0) is 25.5. The van der Waals surface area contributed by atoms with Gasteiger partial charge >= 0.3 is 0 Å². The van der Waals surface area contributed by atoms with Crippen LogP contribution in [-0.2, 0) is 10.2 Å². The van der Waals surface area contributed by atoms with Crippen molar-refractivity contribution < 1.29 is 23.5 Å². The maximum Gasteiger partial charge on any atom is 0.248 e. The van der Waals surface area contributed by atoms with Gasteiger partial charge in [-0.3, -0.25) is 9.59 Å². The first-order valence-electron chi connectivity index (χ1n) is 11.7. The molecule has 34 heavy (non-hydrogen) atoms. The maximum atomic E-state index is 14.6. The molecule has 0 fully saturated rings. The van der Waals surface area contributed by atoms with Crippen LogP contribution in [0.5, 0.6) is 11.5 Å². The number of carbonyl (C=O) groups is 2. The maximum absolute atomic E-state index is 14.6. The number of halogens is 1. The number of ether oxygens (including phenoxy) is 2. The minimum atomic E-state index is -0.563. The largest absolute Gasteiger partial charge is 0.496 e. The quantitative estimate of drug-likeness (QED) is 0.397. The Morgan fingerprint density at radius 3 is 2.29 bits per heavy atom. The van der Waals surface area contributed by atoms with Crippen LogP contribution in [0.25, 0.3) is 0 Å². The fourth-order valence-corrected chi connectivity index (χ4v) is 4.09. The summed E-state index contributed by atoms with van der Waals surface area (Å²) in [6.07, 6.45) is 3.78. The van der Waals surface area contributed by atoms with Crippen molar-refractivity contribution in [1.82, 2.24) is 0 Å². The number of rotatable bonds is 11. The standard InChI is InChI=1S/C27H37FN2O4/c1-7-8-9-10-17(19-15-21(28)24(34-6)16-23(19)33-5)14-25(31)30-22-13-18(26(29)32)11-12-20(22)27(2,3)4/h11-13,15-17H,7-10,14H2,1-6H3,(H2,29,32)(H,30,31). The van der Waals surface area contributed by atoms with Gasteiger partial charge in [-0.25, -0.2) is 4.39 Å². The lowest BCUT2D eigenvalue weighted by Crippen LogP contribution is -2.22. The van der Waals surface area contributed by atoms with Crippen LogP contribution in [0, 0.1) is 5.82 Å². The zero-order valence-electron chi connectivity index (χ0n) is 21.1. The second-order valence-corrected chi connectivity index (χ2v) is 9.55. The summed E-state index contributed by atoms with van der Waals surface area (Å²) in [5, 5.41) is 2.97. The number of unbranched alkanes of at least 4 members (excludes halogenated alkanes) is 2. The molecular weight excluding hydrogens is 435 g/mol. The van der Waals surface area contributed by atoms with Crippen molar-refractivity contribution in [2.45, 2.75) is 71.1 Å². The highest BCUT2D eigenvalue weighted by atomic mass is 19.1. The van der Waals surface area contributed by atoms with E-state index in [0.717, 1.165) is 24.8 Å². The molecule has 2 aromatic carbocycles. The Hall–Kier alpha value is -3.09. The van der Waals surface area contributed by atoms with Crippen LogP contribution >= 0.6 is 0 Å². The van der Waals surface area contributed by atoms with E-state index in [9.17, 15) is 14.0 Å². The van der Waals surface area contributed by atoms with Gasteiger partial charge in [-0.15, -0.1) is 0 Å². The van der Waals surface area contributed by atoms with Gasteiger partial charge in [0.2, 0.25) is 11.8 Å². The van der Waals surface area contributed by atoms with Crippen molar-refractivity contribution in [3.05, 3.63) is 52.8 Å². The number of nitrogens with two attached hydrogens (primary N) is 1. The number of nitrogens with one attached hydrogen (secondary N) is 1. The van der Waals surface area contributed by atoms with Crippen molar-refractivity contribution >= 4 is 17.5 Å². The van der Waals surface area contributed by atoms with Gasteiger partial charge in [-0.2, -0.15) is 0 Å². The van der Waals surface area contributed by atoms with Crippen LogP contribution in [0.2, 0.25) is 0 Å². The lowest BCUT2D eigenvalue weighted by Gasteiger charge is -2.25. The molecule has 0 aromatic heterocycles. The molecular formula is C27H37FN2O4. The molecule has 0 radical (unpaired) electrons. The van der Waals surface area contributed by atoms with Crippen LogP contribution in [0.15, 0.2) is 30.3 Å². The molecule has 3 N–H and O–H groups in total. The molecule has 0 saturated carbocycles. The fourth-order valence-electron chi connectivity index (χ4n) is 4.09. The molecule has 2 rings (SSSR count). The summed E-state index contributed by atoms with van der Waals surface area (Å²) in [6.45, 7) is 8.19. The highest BCUT2D eigenvalue weighted by molar-refractivity contribution is 5.97. The summed E-state index contributed by atoms with van der Waals surface area (Å²) in [6, 6.07) is 8.01. The number of hydrogen-bond donors (Lipinski definition) is 2. The normalized spacial score (nSPS) is 12.2. The van der Waals surface area contributed by atoms with Gasteiger partial charge in [0.05, 0.1) is 14.2 Å². The second kappa shape index (κ2) is 11.9. The lowest BCUT2D eigenvalue weighted by molar-refractivity contribution is -0.116. The summed E-state index contributed by atoms with van der Waals surface area (Å²) in [5.74, 6) is -0.962. The van der Waals surface area contributed by atoms with Crippen molar-refractivity contribution in [2.24, 2.45) is 5.73 Å². The van der Waals surface area contributed by atoms with Gasteiger partial charge < -0.3 is 20.5 Å². The molecule has 7 heteroatoms. The summed E-state index contributed by atoms with van der Waals surface area (Å²) < 4.78 is 25.2.